The topological polar surface area (TPSA) is 102 Å². The number of nitrogens with zero attached hydrogens (tertiary/aromatic N) is 1. The van der Waals surface area contributed by atoms with Crippen molar-refractivity contribution in [1.29, 1.82) is 0 Å². The van der Waals surface area contributed by atoms with Crippen LogP contribution in [0, 0.1) is 0 Å². The Bertz CT molecular complexity index is 1090. The SMILES string of the molecule is CCOC(=O)c1sc(-c2ccccc2)cc1NC(=O)COC(=O)[C@@H]1CS[C@]2(C)CCC(=O)N12. The van der Waals surface area contributed by atoms with Gasteiger partial charge in [0.05, 0.1) is 17.2 Å². The molecule has 2 atom stereocenters. The van der Waals surface area contributed by atoms with Gasteiger partial charge in [-0.3, -0.25) is 9.59 Å². The van der Waals surface area contributed by atoms with Crippen molar-refractivity contribution in [2.24, 2.45) is 0 Å². The highest BCUT2D eigenvalue weighted by atomic mass is 32.2. The molecule has 1 N–H and O–H groups in total. The Balaban J connectivity index is 1.42. The maximum atomic E-state index is 12.6. The molecule has 2 aliphatic heterocycles. The largest absolute Gasteiger partial charge is 0.462 e. The van der Waals surface area contributed by atoms with E-state index < -0.39 is 30.5 Å². The lowest BCUT2D eigenvalue weighted by Crippen LogP contribution is -2.47. The van der Waals surface area contributed by atoms with Crippen molar-refractivity contribution in [1.82, 2.24) is 4.90 Å². The number of nitrogens with one attached hydrogen (secondary N) is 1. The summed E-state index contributed by atoms with van der Waals surface area (Å²) >= 11 is 2.77. The van der Waals surface area contributed by atoms with E-state index in [2.05, 4.69) is 5.32 Å². The molecule has 0 radical (unpaired) electrons. The van der Waals surface area contributed by atoms with E-state index in [9.17, 15) is 19.2 Å². The Morgan fingerprint density at radius 1 is 1.21 bits per heavy atom. The van der Waals surface area contributed by atoms with Gasteiger partial charge in [-0.25, -0.2) is 9.59 Å². The van der Waals surface area contributed by atoms with E-state index in [4.69, 9.17) is 9.47 Å². The van der Waals surface area contributed by atoms with Crippen molar-refractivity contribution < 1.29 is 28.7 Å². The number of amides is 2. The standard InChI is InChI=1S/C23H24N2O6S2/c1-3-30-22(29)20-15(11-17(33-20)14-7-5-4-6-8-14)24-18(26)12-31-21(28)16-13-32-23(2)10-9-19(27)25(16)23/h4-8,11,16H,3,9-10,12-13H2,1-2H3,(H,24,26)/t16-,23+/m0/s1. The molecule has 2 fully saturated rings. The van der Waals surface area contributed by atoms with Crippen LogP contribution < -0.4 is 5.32 Å². The van der Waals surface area contributed by atoms with Crippen LogP contribution in [-0.2, 0) is 23.9 Å². The summed E-state index contributed by atoms with van der Waals surface area (Å²) in [4.78, 5) is 52.0. The molecule has 2 saturated heterocycles. The van der Waals surface area contributed by atoms with Crippen molar-refractivity contribution in [3.63, 3.8) is 0 Å². The second-order valence-corrected chi connectivity index (χ2v) is 10.4. The molecule has 33 heavy (non-hydrogen) atoms. The number of hydrogen-bond acceptors (Lipinski definition) is 8. The van der Waals surface area contributed by atoms with E-state index in [-0.39, 0.29) is 22.3 Å². The molecule has 0 spiro atoms. The van der Waals surface area contributed by atoms with Gasteiger partial charge in [-0.15, -0.1) is 23.1 Å². The summed E-state index contributed by atoms with van der Waals surface area (Å²) in [6.45, 7) is 3.34. The molecule has 3 heterocycles. The van der Waals surface area contributed by atoms with Crippen LogP contribution in [0.3, 0.4) is 0 Å². The number of anilines is 1. The van der Waals surface area contributed by atoms with Gasteiger partial charge in [0.1, 0.15) is 10.9 Å². The molecule has 0 aliphatic carbocycles. The highest BCUT2D eigenvalue weighted by Gasteiger charge is 2.53. The molecule has 2 amide bonds. The molecule has 0 unspecified atom stereocenters. The fraction of sp³-hybridized carbons (Fsp3) is 0.391. The number of hydrogen-bond donors (Lipinski definition) is 1. The smallest absolute Gasteiger partial charge is 0.350 e. The van der Waals surface area contributed by atoms with Gasteiger partial charge in [0.25, 0.3) is 5.91 Å². The van der Waals surface area contributed by atoms with Crippen molar-refractivity contribution in [3.05, 3.63) is 41.3 Å². The quantitative estimate of drug-likeness (QED) is 0.595. The van der Waals surface area contributed by atoms with Crippen molar-refractivity contribution in [3.8, 4) is 10.4 Å². The van der Waals surface area contributed by atoms with Crippen LogP contribution in [0.5, 0.6) is 0 Å². The van der Waals surface area contributed by atoms with Crippen molar-refractivity contribution in [2.45, 2.75) is 37.6 Å². The molecule has 1 aromatic heterocycles. The normalized spacial score (nSPS) is 21.6. The number of carbonyl (C=O) groups excluding carboxylic acids is 4. The average molecular weight is 489 g/mol. The number of benzene rings is 1. The van der Waals surface area contributed by atoms with Gasteiger partial charge in [0.15, 0.2) is 6.61 Å². The van der Waals surface area contributed by atoms with Gasteiger partial charge >= 0.3 is 11.9 Å². The summed E-state index contributed by atoms with van der Waals surface area (Å²) < 4.78 is 10.3. The number of rotatable bonds is 7. The monoisotopic (exact) mass is 488 g/mol. The third kappa shape index (κ3) is 4.77. The predicted octanol–water partition coefficient (Wildman–Crippen LogP) is 3.53. The Labute approximate surface area is 199 Å². The zero-order valence-electron chi connectivity index (χ0n) is 18.3. The molecule has 4 rings (SSSR count). The Morgan fingerprint density at radius 3 is 2.70 bits per heavy atom. The third-order valence-electron chi connectivity index (χ3n) is 5.59. The summed E-state index contributed by atoms with van der Waals surface area (Å²) in [7, 11) is 0. The maximum absolute atomic E-state index is 12.6. The van der Waals surface area contributed by atoms with E-state index in [1.54, 1.807) is 29.7 Å². The molecule has 2 aliphatic rings. The van der Waals surface area contributed by atoms with Gasteiger partial charge in [-0.1, -0.05) is 30.3 Å². The Hall–Kier alpha value is -2.85. The van der Waals surface area contributed by atoms with E-state index in [1.165, 1.54) is 11.3 Å². The van der Waals surface area contributed by atoms with E-state index in [0.717, 1.165) is 10.4 Å². The number of esters is 2. The van der Waals surface area contributed by atoms with Crippen LogP contribution in [0.15, 0.2) is 36.4 Å². The molecule has 0 bridgehead atoms. The minimum atomic E-state index is -0.691. The molecule has 2 aromatic rings. The molecule has 0 saturated carbocycles. The zero-order valence-corrected chi connectivity index (χ0v) is 19.9. The highest BCUT2D eigenvalue weighted by Crippen LogP contribution is 2.47. The molecule has 8 nitrogen and oxygen atoms in total. The first kappa shape index (κ1) is 23.3. The maximum Gasteiger partial charge on any atom is 0.350 e. The Morgan fingerprint density at radius 2 is 1.97 bits per heavy atom. The summed E-state index contributed by atoms with van der Waals surface area (Å²) in [5, 5.41) is 2.66. The summed E-state index contributed by atoms with van der Waals surface area (Å²) in [5.74, 6) is -1.34. The minimum Gasteiger partial charge on any atom is -0.462 e. The van der Waals surface area contributed by atoms with Gasteiger partial charge in [0.2, 0.25) is 5.91 Å². The van der Waals surface area contributed by atoms with Gasteiger partial charge in [-0.05, 0) is 31.9 Å². The van der Waals surface area contributed by atoms with Crippen LogP contribution in [0.2, 0.25) is 0 Å². The minimum absolute atomic E-state index is 0.0697. The number of ether oxygens (including phenoxy) is 2. The molecular weight excluding hydrogens is 464 g/mol. The first-order valence-electron chi connectivity index (χ1n) is 10.6. The van der Waals surface area contributed by atoms with Crippen molar-refractivity contribution in [2.75, 3.05) is 24.3 Å². The van der Waals surface area contributed by atoms with Crippen LogP contribution in [0.1, 0.15) is 36.4 Å². The van der Waals surface area contributed by atoms with Gasteiger partial charge < -0.3 is 19.7 Å². The van der Waals surface area contributed by atoms with Gasteiger partial charge in [-0.2, -0.15) is 0 Å². The zero-order chi connectivity index (χ0) is 23.6. The van der Waals surface area contributed by atoms with Crippen LogP contribution in [-0.4, -0.2) is 58.5 Å². The second-order valence-electron chi connectivity index (χ2n) is 7.86. The van der Waals surface area contributed by atoms with Crippen LogP contribution in [0.4, 0.5) is 5.69 Å². The van der Waals surface area contributed by atoms with Crippen LogP contribution >= 0.6 is 23.1 Å². The molecule has 1 aromatic carbocycles. The lowest BCUT2D eigenvalue weighted by atomic mass is 10.2. The molecule has 174 valence electrons. The third-order valence-corrected chi connectivity index (χ3v) is 8.26. The molecule has 10 heteroatoms. The average Bonchev–Trinajstić information content (AvgIpc) is 3.46. The van der Waals surface area contributed by atoms with Crippen LogP contribution in [0.25, 0.3) is 10.4 Å². The lowest BCUT2D eigenvalue weighted by Gasteiger charge is -2.29. The first-order chi connectivity index (χ1) is 15.8. The summed E-state index contributed by atoms with van der Waals surface area (Å²) in [5.41, 5.74) is 1.20. The summed E-state index contributed by atoms with van der Waals surface area (Å²) in [6, 6.07) is 10.5. The Kier molecular flexibility index (Phi) is 6.76. The first-order valence-corrected chi connectivity index (χ1v) is 12.4. The number of thioether (sulfide) groups is 1. The fourth-order valence-corrected chi connectivity index (χ4v) is 6.42. The van der Waals surface area contributed by atoms with E-state index in [0.29, 0.717) is 24.3 Å². The summed E-state index contributed by atoms with van der Waals surface area (Å²) in [6.07, 6.45) is 1.10. The second kappa shape index (κ2) is 9.56. The lowest BCUT2D eigenvalue weighted by molar-refractivity contribution is -0.155. The predicted molar refractivity (Wildman–Crippen MR) is 126 cm³/mol. The fourth-order valence-electron chi connectivity index (χ4n) is 3.99. The molecular formula is C23H24N2O6S2. The number of carbonyl (C=O) groups is 4. The highest BCUT2D eigenvalue weighted by molar-refractivity contribution is 8.01. The number of thiophene rings is 1. The van der Waals surface area contributed by atoms with Crippen molar-refractivity contribution >= 4 is 52.5 Å². The van der Waals surface area contributed by atoms with E-state index in [1.807, 2.05) is 37.3 Å². The number of fused-ring (bicyclic) bond motifs is 1. The van der Waals surface area contributed by atoms with Gasteiger partial charge in [0, 0.05) is 17.1 Å². The van der Waals surface area contributed by atoms with E-state index >= 15 is 0 Å².